The summed E-state index contributed by atoms with van der Waals surface area (Å²) in [5, 5.41) is 3.64. The van der Waals surface area contributed by atoms with Gasteiger partial charge in [0.2, 0.25) is 0 Å². The number of aryl methyl sites for hydroxylation is 1. The molecule has 1 N–H and O–H groups in total. The first-order chi connectivity index (χ1) is 14.6. The largest absolute Gasteiger partial charge is 0.497 e. The predicted molar refractivity (Wildman–Crippen MR) is 117 cm³/mol. The Morgan fingerprint density at radius 3 is 2.53 bits per heavy atom. The molecule has 0 bridgehead atoms. The minimum atomic E-state index is -0.251. The molecule has 150 valence electrons. The molecular weight excluding hydrogens is 378 g/mol. The average Bonchev–Trinajstić information content (AvgIpc) is 2.79. The van der Waals surface area contributed by atoms with Gasteiger partial charge in [0.15, 0.2) is 0 Å². The van der Waals surface area contributed by atoms with Crippen molar-refractivity contribution in [2.45, 2.75) is 6.92 Å². The lowest BCUT2D eigenvalue weighted by atomic mass is 10.0. The lowest BCUT2D eigenvalue weighted by Gasteiger charge is -2.13. The second-order valence-electron chi connectivity index (χ2n) is 6.81. The molecule has 1 amide bonds. The molecular formula is C24H21N3O3. The summed E-state index contributed by atoms with van der Waals surface area (Å²) in [4.78, 5) is 22.1. The number of hydrogen-bond acceptors (Lipinski definition) is 5. The highest BCUT2D eigenvalue weighted by atomic mass is 16.5. The standard InChI is InChI=1S/C24H21N3O3/c1-15-8-11-23(25-14-15)27-24(28)19-13-21(26-20-7-5-4-6-17(19)20)18-10-9-16(29-2)12-22(18)30-3/h4-14H,1-3H3,(H,25,27,28). The molecule has 6 heteroatoms. The van der Waals surface area contributed by atoms with E-state index in [2.05, 4.69) is 10.3 Å². The van der Waals surface area contributed by atoms with Gasteiger partial charge in [-0.3, -0.25) is 4.79 Å². The maximum absolute atomic E-state index is 13.1. The van der Waals surface area contributed by atoms with Gasteiger partial charge < -0.3 is 14.8 Å². The van der Waals surface area contributed by atoms with E-state index in [1.54, 1.807) is 38.6 Å². The zero-order valence-corrected chi connectivity index (χ0v) is 17.0. The van der Waals surface area contributed by atoms with Crippen LogP contribution in [-0.4, -0.2) is 30.1 Å². The maximum Gasteiger partial charge on any atom is 0.257 e. The van der Waals surface area contributed by atoms with E-state index in [-0.39, 0.29) is 5.91 Å². The van der Waals surface area contributed by atoms with E-state index in [4.69, 9.17) is 14.5 Å². The molecule has 0 radical (unpaired) electrons. The summed E-state index contributed by atoms with van der Waals surface area (Å²) < 4.78 is 10.8. The van der Waals surface area contributed by atoms with Crippen LogP contribution in [-0.2, 0) is 0 Å². The van der Waals surface area contributed by atoms with Gasteiger partial charge in [0, 0.05) is 23.2 Å². The van der Waals surface area contributed by atoms with Crippen molar-refractivity contribution >= 4 is 22.6 Å². The van der Waals surface area contributed by atoms with Crippen LogP contribution in [0.3, 0.4) is 0 Å². The quantitative estimate of drug-likeness (QED) is 0.518. The topological polar surface area (TPSA) is 73.3 Å². The predicted octanol–water partition coefficient (Wildman–Crippen LogP) is 4.87. The molecule has 0 saturated heterocycles. The summed E-state index contributed by atoms with van der Waals surface area (Å²) in [5.41, 5.74) is 3.66. The molecule has 4 aromatic rings. The van der Waals surface area contributed by atoms with E-state index >= 15 is 0 Å². The second-order valence-corrected chi connectivity index (χ2v) is 6.81. The second kappa shape index (κ2) is 8.21. The number of methoxy groups -OCH3 is 2. The van der Waals surface area contributed by atoms with Gasteiger partial charge in [-0.25, -0.2) is 9.97 Å². The van der Waals surface area contributed by atoms with Gasteiger partial charge in [0.1, 0.15) is 17.3 Å². The summed E-state index contributed by atoms with van der Waals surface area (Å²) in [5.74, 6) is 1.54. The molecule has 0 spiro atoms. The van der Waals surface area contributed by atoms with E-state index in [1.807, 2.05) is 49.4 Å². The first-order valence-corrected chi connectivity index (χ1v) is 9.45. The maximum atomic E-state index is 13.1. The fourth-order valence-electron chi connectivity index (χ4n) is 3.24. The van der Waals surface area contributed by atoms with Crippen LogP contribution >= 0.6 is 0 Å². The van der Waals surface area contributed by atoms with Gasteiger partial charge in [0.25, 0.3) is 5.91 Å². The zero-order valence-electron chi connectivity index (χ0n) is 17.0. The molecule has 0 aliphatic carbocycles. The Hall–Kier alpha value is -3.93. The summed E-state index contributed by atoms with van der Waals surface area (Å²) in [7, 11) is 3.19. The fraction of sp³-hybridized carbons (Fsp3) is 0.125. The van der Waals surface area contributed by atoms with Crippen LogP contribution in [0, 0.1) is 6.92 Å². The Morgan fingerprint density at radius 1 is 0.967 bits per heavy atom. The van der Waals surface area contributed by atoms with Gasteiger partial charge in [-0.15, -0.1) is 0 Å². The van der Waals surface area contributed by atoms with E-state index in [9.17, 15) is 4.79 Å². The van der Waals surface area contributed by atoms with Crippen molar-refractivity contribution in [2.75, 3.05) is 19.5 Å². The lowest BCUT2D eigenvalue weighted by Crippen LogP contribution is -2.14. The number of carbonyl (C=O) groups is 1. The Bertz CT molecular complexity index is 1220. The smallest absolute Gasteiger partial charge is 0.257 e. The molecule has 0 saturated carbocycles. The molecule has 6 nitrogen and oxygen atoms in total. The normalized spacial score (nSPS) is 10.6. The van der Waals surface area contributed by atoms with Gasteiger partial charge in [-0.2, -0.15) is 0 Å². The Morgan fingerprint density at radius 2 is 1.80 bits per heavy atom. The van der Waals surface area contributed by atoms with Crippen LogP contribution in [0.2, 0.25) is 0 Å². The highest BCUT2D eigenvalue weighted by molar-refractivity contribution is 6.12. The van der Waals surface area contributed by atoms with Crippen LogP contribution < -0.4 is 14.8 Å². The van der Waals surface area contributed by atoms with Gasteiger partial charge >= 0.3 is 0 Å². The summed E-state index contributed by atoms with van der Waals surface area (Å²) in [6, 6.07) is 18.5. The van der Waals surface area contributed by atoms with Crippen LogP contribution in [0.15, 0.2) is 66.9 Å². The number of fused-ring (bicyclic) bond motifs is 1. The average molecular weight is 399 g/mol. The van der Waals surface area contributed by atoms with Crippen molar-refractivity contribution in [3.8, 4) is 22.8 Å². The lowest BCUT2D eigenvalue weighted by molar-refractivity contribution is 0.102. The number of nitrogens with one attached hydrogen (secondary N) is 1. The first-order valence-electron chi connectivity index (χ1n) is 9.45. The fourth-order valence-corrected chi connectivity index (χ4v) is 3.24. The molecule has 2 aromatic heterocycles. The van der Waals surface area contributed by atoms with Crippen molar-refractivity contribution in [1.29, 1.82) is 0 Å². The molecule has 0 aliphatic heterocycles. The number of carbonyl (C=O) groups excluding carboxylic acids is 1. The highest BCUT2D eigenvalue weighted by Crippen LogP contribution is 2.34. The third kappa shape index (κ3) is 3.80. The molecule has 0 unspecified atom stereocenters. The van der Waals surface area contributed by atoms with E-state index in [1.165, 1.54) is 0 Å². The summed E-state index contributed by atoms with van der Waals surface area (Å²) >= 11 is 0. The van der Waals surface area contributed by atoms with Gasteiger partial charge in [-0.1, -0.05) is 24.3 Å². The number of amides is 1. The van der Waals surface area contributed by atoms with Crippen LogP contribution in [0.5, 0.6) is 11.5 Å². The Balaban J connectivity index is 1.82. The van der Waals surface area contributed by atoms with Crippen molar-refractivity contribution < 1.29 is 14.3 Å². The molecule has 0 aliphatic rings. The third-order valence-corrected chi connectivity index (χ3v) is 4.80. The van der Waals surface area contributed by atoms with E-state index in [0.717, 1.165) is 22.0 Å². The van der Waals surface area contributed by atoms with E-state index < -0.39 is 0 Å². The highest BCUT2D eigenvalue weighted by Gasteiger charge is 2.17. The molecule has 4 rings (SSSR count). The Labute approximate surface area is 174 Å². The first kappa shape index (κ1) is 19.4. The van der Waals surface area contributed by atoms with Gasteiger partial charge in [-0.05, 0) is 42.8 Å². The number of benzene rings is 2. The van der Waals surface area contributed by atoms with Gasteiger partial charge in [0.05, 0.1) is 31.0 Å². The van der Waals surface area contributed by atoms with Crippen molar-refractivity contribution in [3.63, 3.8) is 0 Å². The third-order valence-electron chi connectivity index (χ3n) is 4.80. The summed E-state index contributed by atoms with van der Waals surface area (Å²) in [6.45, 7) is 1.95. The SMILES string of the molecule is COc1ccc(-c2cc(C(=O)Nc3ccc(C)cn3)c3ccccc3n2)c(OC)c1. The number of anilines is 1. The van der Waals surface area contributed by atoms with Crippen LogP contribution in [0.4, 0.5) is 5.82 Å². The number of para-hydroxylation sites is 1. The van der Waals surface area contributed by atoms with Crippen molar-refractivity contribution in [2.24, 2.45) is 0 Å². The number of rotatable bonds is 5. The monoisotopic (exact) mass is 399 g/mol. The molecule has 2 heterocycles. The number of pyridine rings is 2. The molecule has 0 fully saturated rings. The summed E-state index contributed by atoms with van der Waals surface area (Å²) in [6.07, 6.45) is 1.72. The number of hydrogen-bond donors (Lipinski definition) is 1. The number of nitrogens with zero attached hydrogens (tertiary/aromatic N) is 2. The molecule has 0 atom stereocenters. The minimum Gasteiger partial charge on any atom is -0.497 e. The minimum absolute atomic E-state index is 0.251. The zero-order chi connectivity index (χ0) is 21.1. The number of ether oxygens (including phenoxy) is 2. The number of aromatic nitrogens is 2. The van der Waals surface area contributed by atoms with E-state index in [0.29, 0.717) is 28.6 Å². The van der Waals surface area contributed by atoms with Crippen molar-refractivity contribution in [3.05, 3.63) is 78.0 Å². The molecule has 2 aromatic carbocycles. The Kier molecular flexibility index (Phi) is 5.30. The van der Waals surface area contributed by atoms with Crippen molar-refractivity contribution in [1.82, 2.24) is 9.97 Å². The van der Waals surface area contributed by atoms with Crippen LogP contribution in [0.1, 0.15) is 15.9 Å². The molecule has 30 heavy (non-hydrogen) atoms. The van der Waals surface area contributed by atoms with Crippen LogP contribution in [0.25, 0.3) is 22.2 Å².